The normalized spacial score (nSPS) is 12.5. The summed E-state index contributed by atoms with van der Waals surface area (Å²) < 4.78 is 0.704. The Labute approximate surface area is 103 Å². The molecule has 0 aromatic carbocycles. The minimum absolute atomic E-state index is 0.470. The van der Waals surface area contributed by atoms with E-state index < -0.39 is 0 Å². The summed E-state index contributed by atoms with van der Waals surface area (Å²) >= 11 is 5.12. The maximum atomic E-state index is 5.59. The highest BCUT2D eigenvalue weighted by Gasteiger charge is 2.02. The van der Waals surface area contributed by atoms with Crippen LogP contribution in [0.3, 0.4) is 0 Å². The molecule has 0 fully saturated rings. The van der Waals surface area contributed by atoms with E-state index in [0.717, 1.165) is 13.0 Å². The first kappa shape index (κ1) is 12.6. The third kappa shape index (κ3) is 4.70. The second-order valence-electron chi connectivity index (χ2n) is 3.20. The first-order valence-corrected chi connectivity index (χ1v) is 6.76. The maximum absolute atomic E-state index is 5.59. The highest BCUT2D eigenvalue weighted by atomic mass is 79.9. The van der Waals surface area contributed by atoms with Crippen LogP contribution in [0.4, 0.5) is 11.8 Å². The van der Waals surface area contributed by atoms with Gasteiger partial charge >= 0.3 is 0 Å². The fourth-order valence-corrected chi connectivity index (χ4v) is 1.78. The molecule has 15 heavy (non-hydrogen) atoms. The molecular weight excluding hydrogens is 276 g/mol. The van der Waals surface area contributed by atoms with Crippen LogP contribution in [0.15, 0.2) is 10.7 Å². The second kappa shape index (κ2) is 6.17. The summed E-state index contributed by atoms with van der Waals surface area (Å²) in [6.07, 6.45) is 3.19. The fraction of sp³-hybridized carbons (Fsp3) is 0.556. The number of hydrogen-bond donors (Lipinski definition) is 2. The Morgan fingerprint density at radius 2 is 2.33 bits per heavy atom. The number of thioether (sulfide) groups is 1. The van der Waals surface area contributed by atoms with E-state index >= 15 is 0 Å². The Kier molecular flexibility index (Phi) is 5.17. The molecule has 0 saturated heterocycles. The van der Waals surface area contributed by atoms with E-state index in [2.05, 4.69) is 44.4 Å². The van der Waals surface area contributed by atoms with E-state index in [-0.39, 0.29) is 0 Å². The lowest BCUT2D eigenvalue weighted by Gasteiger charge is -2.09. The number of nitrogen functional groups attached to an aromatic ring is 1. The number of anilines is 2. The summed E-state index contributed by atoms with van der Waals surface area (Å²) in [6, 6.07) is 1.68. The smallest absolute Gasteiger partial charge is 0.225 e. The molecule has 0 amide bonds. The minimum Gasteiger partial charge on any atom is -0.383 e. The molecule has 3 N–H and O–H groups in total. The van der Waals surface area contributed by atoms with Gasteiger partial charge in [-0.15, -0.1) is 0 Å². The molecule has 1 unspecified atom stereocenters. The van der Waals surface area contributed by atoms with Gasteiger partial charge in [0.2, 0.25) is 5.95 Å². The van der Waals surface area contributed by atoms with Crippen LogP contribution in [0.25, 0.3) is 0 Å². The van der Waals surface area contributed by atoms with Crippen molar-refractivity contribution in [2.24, 2.45) is 0 Å². The average Bonchev–Trinajstić information content (AvgIpc) is 2.16. The summed E-state index contributed by atoms with van der Waals surface area (Å²) in [4.78, 5) is 8.24. The molecule has 0 aliphatic heterocycles. The predicted molar refractivity (Wildman–Crippen MR) is 70.2 cm³/mol. The molecule has 1 heterocycles. The molecule has 0 aliphatic carbocycles. The number of aromatic nitrogens is 2. The van der Waals surface area contributed by atoms with Crippen LogP contribution in [0.1, 0.15) is 13.3 Å². The van der Waals surface area contributed by atoms with E-state index in [0.29, 0.717) is 21.6 Å². The summed E-state index contributed by atoms with van der Waals surface area (Å²) in [7, 11) is 0. The molecule has 1 aromatic rings. The number of rotatable bonds is 5. The molecule has 1 aromatic heterocycles. The van der Waals surface area contributed by atoms with Gasteiger partial charge in [0.15, 0.2) is 0 Å². The number of hydrogen-bond acceptors (Lipinski definition) is 5. The molecule has 4 nitrogen and oxygen atoms in total. The van der Waals surface area contributed by atoms with Crippen molar-refractivity contribution in [2.45, 2.75) is 18.6 Å². The van der Waals surface area contributed by atoms with Crippen molar-refractivity contribution in [1.29, 1.82) is 0 Å². The molecule has 0 bridgehead atoms. The van der Waals surface area contributed by atoms with Crippen molar-refractivity contribution >= 4 is 39.5 Å². The third-order valence-electron chi connectivity index (χ3n) is 1.95. The van der Waals surface area contributed by atoms with E-state index in [1.165, 1.54) is 0 Å². The van der Waals surface area contributed by atoms with Gasteiger partial charge in [-0.25, -0.2) is 4.98 Å². The SMILES string of the molecule is CSC(C)CCNc1nc(N)cc(Br)n1. The van der Waals surface area contributed by atoms with Crippen molar-refractivity contribution in [2.75, 3.05) is 23.9 Å². The topological polar surface area (TPSA) is 63.8 Å². The standard InChI is InChI=1S/C9H15BrN4S/c1-6(15-2)3-4-12-9-13-7(10)5-8(11)14-9/h5-6H,3-4H2,1-2H3,(H3,11,12,13,14). The van der Waals surface area contributed by atoms with Gasteiger partial charge in [-0.1, -0.05) is 6.92 Å². The zero-order valence-corrected chi connectivity index (χ0v) is 11.2. The number of nitrogens with two attached hydrogens (primary N) is 1. The first-order valence-electron chi connectivity index (χ1n) is 4.68. The zero-order valence-electron chi connectivity index (χ0n) is 8.83. The summed E-state index contributed by atoms with van der Waals surface area (Å²) in [5.41, 5.74) is 5.59. The van der Waals surface area contributed by atoms with Crippen LogP contribution in [0.5, 0.6) is 0 Å². The Bertz CT molecular complexity index is 301. The number of halogens is 1. The Hall–Kier alpha value is -0.490. The van der Waals surface area contributed by atoms with Gasteiger partial charge in [0.1, 0.15) is 10.4 Å². The highest BCUT2D eigenvalue weighted by Crippen LogP contribution is 2.13. The van der Waals surface area contributed by atoms with Crippen molar-refractivity contribution in [3.05, 3.63) is 10.7 Å². The van der Waals surface area contributed by atoms with Crippen LogP contribution in [-0.4, -0.2) is 28.0 Å². The van der Waals surface area contributed by atoms with Crippen molar-refractivity contribution in [3.8, 4) is 0 Å². The summed E-state index contributed by atoms with van der Waals surface area (Å²) in [5.74, 6) is 1.05. The highest BCUT2D eigenvalue weighted by molar-refractivity contribution is 9.10. The van der Waals surface area contributed by atoms with Crippen molar-refractivity contribution in [1.82, 2.24) is 9.97 Å². The lowest BCUT2D eigenvalue weighted by atomic mass is 10.3. The Morgan fingerprint density at radius 3 is 2.93 bits per heavy atom. The predicted octanol–water partition coefficient (Wildman–Crippen LogP) is 2.37. The molecule has 0 spiro atoms. The monoisotopic (exact) mass is 290 g/mol. The van der Waals surface area contributed by atoms with Crippen molar-refractivity contribution in [3.63, 3.8) is 0 Å². The van der Waals surface area contributed by atoms with E-state index in [1.54, 1.807) is 6.07 Å². The summed E-state index contributed by atoms with van der Waals surface area (Å²) in [5, 5.41) is 3.79. The zero-order chi connectivity index (χ0) is 11.3. The summed E-state index contributed by atoms with van der Waals surface area (Å²) in [6.45, 7) is 3.06. The molecule has 0 saturated carbocycles. The fourth-order valence-electron chi connectivity index (χ4n) is 1.02. The van der Waals surface area contributed by atoms with Crippen LogP contribution >= 0.6 is 27.7 Å². The molecule has 0 radical (unpaired) electrons. The minimum atomic E-state index is 0.470. The van der Waals surface area contributed by atoms with Crippen LogP contribution < -0.4 is 11.1 Å². The molecule has 6 heteroatoms. The molecule has 1 rings (SSSR count). The van der Waals surface area contributed by atoms with E-state index in [9.17, 15) is 0 Å². The van der Waals surface area contributed by atoms with Gasteiger partial charge in [0, 0.05) is 17.9 Å². The average molecular weight is 291 g/mol. The molecule has 84 valence electrons. The van der Waals surface area contributed by atoms with E-state index in [1.807, 2.05) is 11.8 Å². The quantitative estimate of drug-likeness (QED) is 0.815. The van der Waals surface area contributed by atoms with Gasteiger partial charge in [0.25, 0.3) is 0 Å². The molecular formula is C9H15BrN4S. The van der Waals surface area contributed by atoms with Crippen LogP contribution in [0.2, 0.25) is 0 Å². The number of nitrogens with zero attached hydrogens (tertiary/aromatic N) is 2. The van der Waals surface area contributed by atoms with Gasteiger partial charge in [-0.2, -0.15) is 16.7 Å². The largest absolute Gasteiger partial charge is 0.383 e. The molecule has 0 aliphatic rings. The van der Waals surface area contributed by atoms with Gasteiger partial charge in [-0.05, 0) is 28.6 Å². The van der Waals surface area contributed by atoms with Gasteiger partial charge in [0.05, 0.1) is 0 Å². The second-order valence-corrected chi connectivity index (χ2v) is 5.29. The first-order chi connectivity index (χ1) is 7.11. The third-order valence-corrected chi connectivity index (χ3v) is 3.40. The Morgan fingerprint density at radius 1 is 1.60 bits per heavy atom. The Balaban J connectivity index is 2.43. The van der Waals surface area contributed by atoms with Crippen LogP contribution in [0, 0.1) is 0 Å². The van der Waals surface area contributed by atoms with Gasteiger partial charge in [-0.3, -0.25) is 0 Å². The van der Waals surface area contributed by atoms with E-state index in [4.69, 9.17) is 5.73 Å². The molecule has 1 atom stereocenters. The van der Waals surface area contributed by atoms with Gasteiger partial charge < -0.3 is 11.1 Å². The number of nitrogens with one attached hydrogen (secondary N) is 1. The van der Waals surface area contributed by atoms with Crippen molar-refractivity contribution < 1.29 is 0 Å². The maximum Gasteiger partial charge on any atom is 0.225 e. The lowest BCUT2D eigenvalue weighted by molar-refractivity contribution is 0.844. The van der Waals surface area contributed by atoms with Crippen LogP contribution in [-0.2, 0) is 0 Å². The lowest BCUT2D eigenvalue weighted by Crippen LogP contribution is -2.10.